The number of ketones is 1. The second-order valence-corrected chi connectivity index (χ2v) is 19.6. The zero-order valence-electron chi connectivity index (χ0n) is 33.2. The van der Waals surface area contributed by atoms with Crippen molar-refractivity contribution in [2.75, 3.05) is 20.8 Å². The maximum absolute atomic E-state index is 14.5. The molecule has 1 unspecified atom stereocenters. The Bertz CT molecular complexity index is 2170. The van der Waals surface area contributed by atoms with Gasteiger partial charge in [0.05, 0.1) is 34.0 Å². The largest absolute Gasteiger partial charge is 0.487 e. The highest BCUT2D eigenvalue weighted by Crippen LogP contribution is 2.57. The molecule has 16 heteroatoms. The lowest BCUT2D eigenvalue weighted by Gasteiger charge is -2.40. The summed E-state index contributed by atoms with van der Waals surface area (Å²) in [5, 5.41) is 2.95. The summed E-state index contributed by atoms with van der Waals surface area (Å²) < 4.78 is 51.3. The Morgan fingerprint density at radius 3 is 2.46 bits per heavy atom. The molecule has 2 aliphatic carbocycles. The summed E-state index contributed by atoms with van der Waals surface area (Å²) in [6.07, 6.45) is 2.93. The van der Waals surface area contributed by atoms with Crippen molar-refractivity contribution >= 4 is 61.5 Å². The topological polar surface area (TPSA) is 163 Å². The number of pyridine rings is 1. The zero-order valence-corrected chi connectivity index (χ0v) is 35.5. The number of amides is 2. The highest BCUT2D eigenvalue weighted by molar-refractivity contribution is 7.90. The molecule has 0 bridgehead atoms. The molecule has 0 spiro atoms. The van der Waals surface area contributed by atoms with Crippen molar-refractivity contribution in [3.05, 3.63) is 47.0 Å². The van der Waals surface area contributed by atoms with Gasteiger partial charge in [-0.25, -0.2) is 18.4 Å². The Morgan fingerprint density at radius 1 is 1.11 bits per heavy atom. The molecular formula is C41H51ClN4O9S2. The van der Waals surface area contributed by atoms with Crippen LogP contribution in [0.2, 0.25) is 5.02 Å². The van der Waals surface area contributed by atoms with E-state index in [4.69, 9.17) is 40.5 Å². The van der Waals surface area contributed by atoms with E-state index < -0.39 is 51.1 Å². The van der Waals surface area contributed by atoms with Gasteiger partial charge in [0, 0.05) is 49.8 Å². The van der Waals surface area contributed by atoms with Crippen molar-refractivity contribution in [1.29, 1.82) is 0 Å². The van der Waals surface area contributed by atoms with Crippen LogP contribution in [0.5, 0.6) is 11.5 Å². The van der Waals surface area contributed by atoms with E-state index in [9.17, 15) is 22.8 Å². The third-order valence-electron chi connectivity index (χ3n) is 12.0. The van der Waals surface area contributed by atoms with Crippen LogP contribution in [0.3, 0.4) is 0 Å². The van der Waals surface area contributed by atoms with Gasteiger partial charge in [-0.2, -0.15) is 0 Å². The van der Waals surface area contributed by atoms with E-state index in [1.165, 1.54) is 25.6 Å². The van der Waals surface area contributed by atoms with Gasteiger partial charge in [0.25, 0.3) is 0 Å². The number of rotatable bonds is 17. The number of halogens is 1. The van der Waals surface area contributed by atoms with E-state index in [1.54, 1.807) is 17.0 Å². The molecule has 4 fully saturated rings. The fourth-order valence-electron chi connectivity index (χ4n) is 8.30. The number of methoxy groups -OCH3 is 2. The van der Waals surface area contributed by atoms with Crippen LogP contribution in [0.4, 0.5) is 0 Å². The molecule has 2 amide bonds. The Labute approximate surface area is 342 Å². The minimum absolute atomic E-state index is 0.0508. The third-order valence-corrected chi connectivity index (χ3v) is 15.1. The third kappa shape index (κ3) is 8.06. The van der Waals surface area contributed by atoms with Crippen LogP contribution in [0.15, 0.2) is 36.2 Å². The minimum Gasteiger partial charge on any atom is -0.487 e. The SMILES string of the molecule is C=C[C@@H]1C[C@]1(CC(=O)[C@@H]1C[C@@H](Oc2cc(-c3nc(C(C)C)cs3)nc3c(Cl)c(OCC(OC)OC)ccc23)[C@H]2CCC(C(C)C)C(=O)N21)C(=O)NS(=O)(=O)C1CC1. The van der Waals surface area contributed by atoms with Crippen LogP contribution in [-0.2, 0) is 33.9 Å². The first-order valence-corrected chi connectivity index (χ1v) is 22.4. The number of nitrogens with one attached hydrogen (secondary N) is 1. The number of hydrogen-bond acceptors (Lipinski definition) is 12. The number of thiazole rings is 1. The fraction of sp³-hybridized carbons (Fsp3) is 0.585. The molecule has 1 N–H and O–H groups in total. The molecule has 2 saturated carbocycles. The van der Waals surface area contributed by atoms with E-state index in [1.807, 2.05) is 31.4 Å². The number of fused-ring (bicyclic) bond motifs is 2. The number of Topliss-reactive ketones (excluding diaryl/α,β-unsaturated/α-hetero) is 1. The molecule has 0 radical (unpaired) electrons. The molecule has 13 nitrogen and oxygen atoms in total. The van der Waals surface area contributed by atoms with Crippen molar-refractivity contribution in [3.63, 3.8) is 0 Å². The molecule has 308 valence electrons. The van der Waals surface area contributed by atoms with E-state index in [0.29, 0.717) is 65.2 Å². The molecule has 6 atom stereocenters. The summed E-state index contributed by atoms with van der Waals surface area (Å²) in [7, 11) is -0.798. The van der Waals surface area contributed by atoms with Gasteiger partial charge in [0.2, 0.25) is 21.8 Å². The van der Waals surface area contributed by atoms with Crippen LogP contribution >= 0.6 is 22.9 Å². The number of piperidine rings is 1. The highest BCUT2D eigenvalue weighted by Gasteiger charge is 2.62. The number of nitrogens with zero attached hydrogens (tertiary/aromatic N) is 3. The number of aromatic nitrogens is 2. The fourth-order valence-corrected chi connectivity index (χ4v) is 10.9. The van der Waals surface area contributed by atoms with E-state index >= 15 is 0 Å². The Balaban J connectivity index is 1.23. The van der Waals surface area contributed by atoms with Crippen LogP contribution in [0.25, 0.3) is 21.6 Å². The van der Waals surface area contributed by atoms with Crippen LogP contribution in [0.1, 0.15) is 84.3 Å². The van der Waals surface area contributed by atoms with Crippen LogP contribution in [0, 0.1) is 23.2 Å². The van der Waals surface area contributed by atoms with Gasteiger partial charge in [-0.05, 0) is 62.0 Å². The first kappa shape index (κ1) is 41.5. The lowest BCUT2D eigenvalue weighted by Crippen LogP contribution is -2.54. The predicted molar refractivity (Wildman–Crippen MR) is 217 cm³/mol. The predicted octanol–water partition coefficient (Wildman–Crippen LogP) is 6.68. The quantitative estimate of drug-likeness (QED) is 0.114. The van der Waals surface area contributed by atoms with E-state index in [0.717, 1.165) is 5.69 Å². The minimum atomic E-state index is -3.83. The number of benzene rings is 1. The Hall–Kier alpha value is -3.63. The molecule has 2 aliphatic heterocycles. The normalized spacial score (nSPS) is 26.0. The number of ether oxygens (including phenoxy) is 4. The Kier molecular flexibility index (Phi) is 11.8. The summed E-state index contributed by atoms with van der Waals surface area (Å²) in [6.45, 7) is 12.1. The van der Waals surface area contributed by atoms with Crippen molar-refractivity contribution in [1.82, 2.24) is 19.6 Å². The molecule has 1 aromatic carbocycles. The maximum atomic E-state index is 14.5. The van der Waals surface area contributed by atoms with Gasteiger partial charge < -0.3 is 23.8 Å². The molecule has 3 aromatic rings. The number of sulfonamides is 1. The summed E-state index contributed by atoms with van der Waals surface area (Å²) in [6, 6.07) is 4.07. The van der Waals surface area contributed by atoms with Crippen molar-refractivity contribution in [3.8, 4) is 22.2 Å². The average molecular weight is 843 g/mol. The van der Waals surface area contributed by atoms with Crippen molar-refractivity contribution in [2.24, 2.45) is 23.2 Å². The van der Waals surface area contributed by atoms with Gasteiger partial charge in [-0.3, -0.25) is 19.1 Å². The molecule has 4 heterocycles. The van der Waals surface area contributed by atoms with Gasteiger partial charge in [0.1, 0.15) is 39.9 Å². The number of carbonyl (C=O) groups is 3. The van der Waals surface area contributed by atoms with Gasteiger partial charge >= 0.3 is 0 Å². The average Bonchev–Trinajstić information content (AvgIpc) is 4.07. The van der Waals surface area contributed by atoms with Gasteiger partial charge in [0.15, 0.2) is 12.1 Å². The maximum Gasteiger partial charge on any atom is 0.240 e. The van der Waals surface area contributed by atoms with E-state index in [2.05, 4.69) is 25.1 Å². The number of allylic oxidation sites excluding steroid dienone is 1. The van der Waals surface area contributed by atoms with Crippen molar-refractivity contribution < 1.29 is 41.7 Å². The lowest BCUT2D eigenvalue weighted by molar-refractivity contribution is -0.149. The first-order valence-electron chi connectivity index (χ1n) is 19.6. The van der Waals surface area contributed by atoms with Crippen LogP contribution in [-0.4, -0.2) is 91.4 Å². The Morgan fingerprint density at radius 2 is 1.84 bits per heavy atom. The molecular weight excluding hydrogens is 792 g/mol. The zero-order chi connectivity index (χ0) is 41.0. The summed E-state index contributed by atoms with van der Waals surface area (Å²) in [4.78, 5) is 53.9. The van der Waals surface area contributed by atoms with Gasteiger partial charge in [-0.1, -0.05) is 45.4 Å². The molecule has 7 rings (SSSR count). The summed E-state index contributed by atoms with van der Waals surface area (Å²) in [5.41, 5.74) is 0.648. The van der Waals surface area contributed by atoms with Gasteiger partial charge in [-0.15, -0.1) is 17.9 Å². The number of carbonyl (C=O) groups excluding carboxylic acids is 3. The monoisotopic (exact) mass is 842 g/mol. The molecule has 4 aliphatic rings. The summed E-state index contributed by atoms with van der Waals surface area (Å²) >= 11 is 8.48. The molecule has 2 aromatic heterocycles. The second-order valence-electron chi connectivity index (χ2n) is 16.4. The molecule has 2 saturated heterocycles. The standard InChI is InChI=1S/C41H51ClN4O9S2/c1-8-23-17-41(23,40(49)45-57(50,51)24-9-10-24)18-31(47)30-16-34(29-13-11-25(21(2)3)39(48)46(29)30)55-33-15-27(38-44-28(20-56-38)22(4)5)43-37-26(33)12-14-32(36(37)42)54-19-35(52-6)53-7/h8,12,14-15,20-25,29-30,34-35H,1,9-11,13,16-19H2,2-7H3,(H,45,49)/t23-,25?,29-,30+,34-,41-/m1/s1. The van der Waals surface area contributed by atoms with Crippen LogP contribution < -0.4 is 14.2 Å². The highest BCUT2D eigenvalue weighted by atomic mass is 35.5. The summed E-state index contributed by atoms with van der Waals surface area (Å²) in [5.74, 6) is -0.652. The smallest absolute Gasteiger partial charge is 0.240 e. The lowest BCUT2D eigenvalue weighted by atomic mass is 9.84. The van der Waals surface area contributed by atoms with Crippen molar-refractivity contribution in [2.45, 2.75) is 108 Å². The second kappa shape index (κ2) is 16.2. The first-order chi connectivity index (χ1) is 27.1. The number of hydrogen-bond donors (Lipinski definition) is 1. The molecule has 57 heavy (non-hydrogen) atoms. The van der Waals surface area contributed by atoms with E-state index in [-0.39, 0.29) is 59.8 Å².